The van der Waals surface area contributed by atoms with Gasteiger partial charge in [-0.25, -0.2) is 0 Å². The maximum Gasteiger partial charge on any atom is 0.0620 e. The molecule has 10 rings (SSSR count). The van der Waals surface area contributed by atoms with E-state index in [2.05, 4.69) is 178 Å². The van der Waals surface area contributed by atoms with E-state index in [0.29, 0.717) is 0 Å². The van der Waals surface area contributed by atoms with Crippen LogP contribution in [0.25, 0.3) is 82.3 Å². The Hall–Kier alpha value is -6.06. The van der Waals surface area contributed by atoms with Crippen LogP contribution in [0.4, 0.5) is 0 Å². The molecule has 0 spiro atoms. The van der Waals surface area contributed by atoms with Crippen molar-refractivity contribution in [3.63, 3.8) is 0 Å². The summed E-state index contributed by atoms with van der Waals surface area (Å²) in [5.74, 6) is 0. The summed E-state index contributed by atoms with van der Waals surface area (Å²) in [5.41, 5.74) is 9.60. The summed E-state index contributed by atoms with van der Waals surface area (Å²) < 4.78 is 7.14. The van der Waals surface area contributed by atoms with Crippen molar-refractivity contribution in [1.29, 1.82) is 0 Å². The first-order chi connectivity index (χ1) is 22.3. The Morgan fingerprint density at radius 1 is 0.311 bits per heavy atom. The standard InChI is InChI=1S/C42H27N3/c1-3-11-30(12-4-1)44-38-17-9-8-16-34(38)37-26-32(20-22-40(37)44)43-24-23-29-25-28-19-21-35-33-15-7-10-18-39(33)45(31-13-5-2-6-14-31)42(35)36(28)27-41(29)43/h1-27H. The van der Waals surface area contributed by atoms with Gasteiger partial charge in [0.1, 0.15) is 0 Å². The zero-order valence-corrected chi connectivity index (χ0v) is 24.4. The Balaban J connectivity index is 1.25. The van der Waals surface area contributed by atoms with Gasteiger partial charge < -0.3 is 13.7 Å². The third-order valence-electron chi connectivity index (χ3n) is 9.42. The van der Waals surface area contributed by atoms with Gasteiger partial charge in [0, 0.05) is 55.6 Å². The van der Waals surface area contributed by atoms with Crippen molar-refractivity contribution in [2.45, 2.75) is 0 Å². The summed E-state index contributed by atoms with van der Waals surface area (Å²) in [6, 6.07) is 57.3. The first-order valence-electron chi connectivity index (χ1n) is 15.4. The molecular formula is C42H27N3. The number of aromatic nitrogens is 3. The second kappa shape index (κ2) is 9.22. The quantitative estimate of drug-likeness (QED) is 0.200. The molecule has 0 N–H and O–H groups in total. The minimum atomic E-state index is 1.16. The number of hydrogen-bond donors (Lipinski definition) is 0. The van der Waals surface area contributed by atoms with E-state index in [-0.39, 0.29) is 0 Å². The number of nitrogens with zero attached hydrogens (tertiary/aromatic N) is 3. The predicted octanol–water partition coefficient (Wildman–Crippen LogP) is 11.0. The molecule has 0 bridgehead atoms. The molecule has 0 atom stereocenters. The minimum absolute atomic E-state index is 1.16. The molecule has 7 aromatic carbocycles. The normalized spacial score (nSPS) is 12.0. The molecule has 10 aromatic rings. The fraction of sp³-hybridized carbons (Fsp3) is 0. The molecule has 0 aliphatic rings. The van der Waals surface area contributed by atoms with Gasteiger partial charge in [0.25, 0.3) is 0 Å². The van der Waals surface area contributed by atoms with Crippen LogP contribution in [-0.2, 0) is 0 Å². The van der Waals surface area contributed by atoms with E-state index >= 15 is 0 Å². The Kier molecular flexibility index (Phi) is 5.00. The molecule has 3 nitrogen and oxygen atoms in total. The van der Waals surface area contributed by atoms with Gasteiger partial charge in [-0.2, -0.15) is 0 Å². The van der Waals surface area contributed by atoms with Gasteiger partial charge >= 0.3 is 0 Å². The van der Waals surface area contributed by atoms with Crippen LogP contribution in [0.5, 0.6) is 0 Å². The van der Waals surface area contributed by atoms with Crippen LogP contribution in [0.2, 0.25) is 0 Å². The van der Waals surface area contributed by atoms with Crippen LogP contribution in [0, 0.1) is 0 Å². The number of benzene rings is 7. The smallest absolute Gasteiger partial charge is 0.0620 e. The molecule has 0 saturated heterocycles. The van der Waals surface area contributed by atoms with Crippen LogP contribution in [-0.4, -0.2) is 13.7 Å². The van der Waals surface area contributed by atoms with Crippen molar-refractivity contribution < 1.29 is 0 Å². The number of hydrogen-bond acceptors (Lipinski definition) is 0. The molecule has 0 aliphatic heterocycles. The second-order valence-corrected chi connectivity index (χ2v) is 11.9. The zero-order chi connectivity index (χ0) is 29.5. The highest BCUT2D eigenvalue weighted by Crippen LogP contribution is 2.39. The third kappa shape index (κ3) is 3.46. The highest BCUT2D eigenvalue weighted by atomic mass is 15.0. The van der Waals surface area contributed by atoms with E-state index in [1.165, 1.54) is 76.7 Å². The summed E-state index contributed by atoms with van der Waals surface area (Å²) in [6.45, 7) is 0. The first kappa shape index (κ1) is 24.4. The van der Waals surface area contributed by atoms with Crippen LogP contribution < -0.4 is 0 Å². The molecule has 0 unspecified atom stereocenters. The molecular weight excluding hydrogens is 546 g/mol. The summed E-state index contributed by atoms with van der Waals surface area (Å²) in [6.07, 6.45) is 2.21. The summed E-state index contributed by atoms with van der Waals surface area (Å²) in [7, 11) is 0. The first-order valence-corrected chi connectivity index (χ1v) is 15.4. The van der Waals surface area contributed by atoms with Crippen LogP contribution in [0.1, 0.15) is 0 Å². The Labute approximate surface area is 259 Å². The molecule has 0 amide bonds. The Bertz CT molecular complexity index is 2740. The van der Waals surface area contributed by atoms with Crippen LogP contribution >= 0.6 is 0 Å². The monoisotopic (exact) mass is 573 g/mol. The molecule has 0 aliphatic carbocycles. The van der Waals surface area contributed by atoms with E-state index in [1.54, 1.807) is 0 Å². The van der Waals surface area contributed by atoms with Crippen molar-refractivity contribution >= 4 is 65.3 Å². The molecule has 45 heavy (non-hydrogen) atoms. The lowest BCUT2D eigenvalue weighted by molar-refractivity contribution is 1.13. The van der Waals surface area contributed by atoms with Gasteiger partial charge in [-0.15, -0.1) is 0 Å². The fourth-order valence-corrected chi connectivity index (χ4v) is 7.45. The van der Waals surface area contributed by atoms with Crippen molar-refractivity contribution in [3.8, 4) is 17.1 Å². The van der Waals surface area contributed by atoms with Gasteiger partial charge in [-0.1, -0.05) is 84.9 Å². The van der Waals surface area contributed by atoms with Gasteiger partial charge in [0.15, 0.2) is 0 Å². The topological polar surface area (TPSA) is 14.8 Å². The summed E-state index contributed by atoms with van der Waals surface area (Å²) in [4.78, 5) is 0. The SMILES string of the molecule is c1ccc(-n2c3ccccc3c3cc(-n4ccc5cc6ccc7c8ccccc8n(-c8ccccc8)c7c6cc54)ccc32)cc1. The largest absolute Gasteiger partial charge is 0.317 e. The fourth-order valence-electron chi connectivity index (χ4n) is 7.45. The van der Waals surface area contributed by atoms with Gasteiger partial charge in [0.2, 0.25) is 0 Å². The molecule has 3 aromatic heterocycles. The molecule has 3 heterocycles. The second-order valence-electron chi connectivity index (χ2n) is 11.9. The van der Waals surface area contributed by atoms with Gasteiger partial charge in [-0.05, 0) is 78.2 Å². The highest BCUT2D eigenvalue weighted by molar-refractivity contribution is 6.20. The van der Waals surface area contributed by atoms with Crippen molar-refractivity contribution in [2.75, 3.05) is 0 Å². The molecule has 0 saturated carbocycles. The van der Waals surface area contributed by atoms with Crippen molar-refractivity contribution in [1.82, 2.24) is 13.7 Å². The molecule has 0 radical (unpaired) electrons. The van der Waals surface area contributed by atoms with E-state index < -0.39 is 0 Å². The lowest BCUT2D eigenvalue weighted by Gasteiger charge is -2.12. The Morgan fingerprint density at radius 2 is 0.933 bits per heavy atom. The maximum atomic E-state index is 2.43. The van der Waals surface area contributed by atoms with Crippen molar-refractivity contribution in [2.24, 2.45) is 0 Å². The van der Waals surface area contributed by atoms with E-state index in [1.807, 2.05) is 0 Å². The number of para-hydroxylation sites is 4. The Morgan fingerprint density at radius 3 is 1.69 bits per heavy atom. The van der Waals surface area contributed by atoms with Crippen LogP contribution in [0.3, 0.4) is 0 Å². The molecule has 0 fully saturated rings. The average Bonchev–Trinajstić information content (AvgIpc) is 3.78. The third-order valence-corrected chi connectivity index (χ3v) is 9.42. The highest BCUT2D eigenvalue weighted by Gasteiger charge is 2.17. The molecule has 210 valence electrons. The molecule has 3 heteroatoms. The average molecular weight is 574 g/mol. The minimum Gasteiger partial charge on any atom is -0.317 e. The predicted molar refractivity (Wildman–Crippen MR) is 189 cm³/mol. The summed E-state index contributed by atoms with van der Waals surface area (Å²) >= 11 is 0. The maximum absolute atomic E-state index is 2.43. The lowest BCUT2D eigenvalue weighted by Crippen LogP contribution is -1.95. The van der Waals surface area contributed by atoms with E-state index in [4.69, 9.17) is 0 Å². The van der Waals surface area contributed by atoms with E-state index in [9.17, 15) is 0 Å². The van der Waals surface area contributed by atoms with Gasteiger partial charge in [0.05, 0.1) is 27.6 Å². The van der Waals surface area contributed by atoms with Crippen LogP contribution in [0.15, 0.2) is 164 Å². The van der Waals surface area contributed by atoms with Gasteiger partial charge in [-0.3, -0.25) is 0 Å². The number of fused-ring (bicyclic) bond motifs is 9. The zero-order valence-electron chi connectivity index (χ0n) is 24.4. The summed E-state index contributed by atoms with van der Waals surface area (Å²) in [5, 5.41) is 8.78. The van der Waals surface area contributed by atoms with Crippen molar-refractivity contribution in [3.05, 3.63) is 164 Å². The number of rotatable bonds is 3. The van der Waals surface area contributed by atoms with E-state index in [0.717, 1.165) is 5.69 Å². The lowest BCUT2D eigenvalue weighted by atomic mass is 10.0.